The fourth-order valence-corrected chi connectivity index (χ4v) is 3.66. The molecule has 26 heavy (non-hydrogen) atoms. The summed E-state index contributed by atoms with van der Waals surface area (Å²) in [5.41, 5.74) is 18.9. The second kappa shape index (κ2) is 10.3. The summed E-state index contributed by atoms with van der Waals surface area (Å²) in [6.07, 6.45) is 10.6. The van der Waals surface area contributed by atoms with Crippen molar-refractivity contribution >= 4 is 11.4 Å². The SMILES string of the molecule is CCCCCCCCCC(c1ccc(N)c(C)c1)c1ccc(N)c(C)c1. The maximum absolute atomic E-state index is 6.03. The van der Waals surface area contributed by atoms with Gasteiger partial charge in [0.05, 0.1) is 0 Å². The Kier molecular flexibility index (Phi) is 8.03. The number of nitrogen functional groups attached to an aromatic ring is 2. The molecule has 0 unspecified atom stereocenters. The summed E-state index contributed by atoms with van der Waals surface area (Å²) >= 11 is 0. The zero-order chi connectivity index (χ0) is 18.9. The Morgan fingerprint density at radius 1 is 0.692 bits per heavy atom. The van der Waals surface area contributed by atoms with E-state index < -0.39 is 0 Å². The first-order valence-electron chi connectivity index (χ1n) is 10.2. The van der Waals surface area contributed by atoms with Gasteiger partial charge in [0.15, 0.2) is 0 Å². The number of anilines is 2. The van der Waals surface area contributed by atoms with Gasteiger partial charge in [-0.3, -0.25) is 0 Å². The van der Waals surface area contributed by atoms with Crippen LogP contribution in [0.5, 0.6) is 0 Å². The van der Waals surface area contributed by atoms with Crippen LogP contribution >= 0.6 is 0 Å². The second-order valence-corrected chi connectivity index (χ2v) is 7.69. The molecule has 0 spiro atoms. The van der Waals surface area contributed by atoms with Gasteiger partial charge in [-0.1, -0.05) is 76.1 Å². The van der Waals surface area contributed by atoms with E-state index in [4.69, 9.17) is 11.5 Å². The Labute approximate surface area is 160 Å². The lowest BCUT2D eigenvalue weighted by atomic mass is 9.85. The molecule has 142 valence electrons. The van der Waals surface area contributed by atoms with E-state index in [2.05, 4.69) is 45.0 Å². The van der Waals surface area contributed by atoms with Gasteiger partial charge in [-0.25, -0.2) is 0 Å². The molecule has 2 aromatic carbocycles. The van der Waals surface area contributed by atoms with E-state index >= 15 is 0 Å². The maximum atomic E-state index is 6.03. The molecule has 0 aliphatic heterocycles. The molecule has 0 aliphatic carbocycles. The van der Waals surface area contributed by atoms with E-state index in [9.17, 15) is 0 Å². The van der Waals surface area contributed by atoms with E-state index in [1.165, 1.54) is 73.6 Å². The molecule has 2 nitrogen and oxygen atoms in total. The molecular weight excluding hydrogens is 316 g/mol. The minimum Gasteiger partial charge on any atom is -0.399 e. The third-order valence-corrected chi connectivity index (χ3v) is 5.49. The van der Waals surface area contributed by atoms with Crippen LogP contribution in [0.15, 0.2) is 36.4 Å². The summed E-state index contributed by atoms with van der Waals surface area (Å²) in [4.78, 5) is 0. The average molecular weight is 353 g/mol. The number of aryl methyl sites for hydroxylation is 2. The summed E-state index contributed by atoms with van der Waals surface area (Å²) in [5, 5.41) is 0. The van der Waals surface area contributed by atoms with Crippen molar-refractivity contribution in [2.45, 2.75) is 78.1 Å². The fraction of sp³-hybridized carbons (Fsp3) is 0.500. The summed E-state index contributed by atoms with van der Waals surface area (Å²) in [7, 11) is 0. The van der Waals surface area contributed by atoms with E-state index in [1.54, 1.807) is 0 Å². The predicted molar refractivity (Wildman–Crippen MR) is 116 cm³/mol. The predicted octanol–water partition coefficient (Wildman–Crippen LogP) is 6.74. The van der Waals surface area contributed by atoms with Crippen molar-refractivity contribution in [1.82, 2.24) is 0 Å². The molecule has 0 saturated carbocycles. The van der Waals surface area contributed by atoms with Crippen molar-refractivity contribution in [2.24, 2.45) is 0 Å². The van der Waals surface area contributed by atoms with E-state index in [-0.39, 0.29) is 0 Å². The van der Waals surface area contributed by atoms with Crippen molar-refractivity contribution < 1.29 is 0 Å². The van der Waals surface area contributed by atoms with Crippen molar-refractivity contribution in [3.8, 4) is 0 Å². The Balaban J connectivity index is 2.08. The van der Waals surface area contributed by atoms with Gasteiger partial charge >= 0.3 is 0 Å². The van der Waals surface area contributed by atoms with Crippen LogP contribution in [0.3, 0.4) is 0 Å². The standard InChI is InChI=1S/C24H36N2/c1-4-5-6-7-8-9-10-11-22(20-12-14-23(25)18(2)16-20)21-13-15-24(26)19(3)17-21/h12-17,22H,4-11,25-26H2,1-3H3. The minimum atomic E-state index is 0.421. The Morgan fingerprint density at radius 2 is 1.15 bits per heavy atom. The van der Waals surface area contributed by atoms with Gasteiger partial charge in [-0.15, -0.1) is 0 Å². The lowest BCUT2D eigenvalue weighted by Gasteiger charge is -2.20. The Bertz CT molecular complexity index is 639. The number of benzene rings is 2. The molecule has 2 aromatic rings. The van der Waals surface area contributed by atoms with Gasteiger partial charge in [0.25, 0.3) is 0 Å². The molecular formula is C24H36N2. The van der Waals surface area contributed by atoms with E-state index in [1.807, 2.05) is 12.1 Å². The summed E-state index contributed by atoms with van der Waals surface area (Å²) in [5.74, 6) is 0.421. The average Bonchev–Trinajstić information content (AvgIpc) is 2.62. The van der Waals surface area contributed by atoms with Crippen LogP contribution in [0, 0.1) is 13.8 Å². The first-order valence-corrected chi connectivity index (χ1v) is 10.2. The summed E-state index contributed by atoms with van der Waals surface area (Å²) < 4.78 is 0. The number of hydrogen-bond donors (Lipinski definition) is 2. The molecule has 0 aliphatic rings. The van der Waals surface area contributed by atoms with Crippen molar-refractivity contribution in [2.75, 3.05) is 11.5 Å². The molecule has 0 atom stereocenters. The molecule has 0 fully saturated rings. The lowest BCUT2D eigenvalue weighted by molar-refractivity contribution is 0.558. The molecule has 2 heteroatoms. The van der Waals surface area contributed by atoms with Crippen LogP contribution < -0.4 is 11.5 Å². The number of rotatable bonds is 10. The topological polar surface area (TPSA) is 52.0 Å². The zero-order valence-electron chi connectivity index (χ0n) is 16.9. The van der Waals surface area contributed by atoms with Crippen LogP contribution in [0.1, 0.15) is 86.5 Å². The molecule has 0 aromatic heterocycles. The van der Waals surface area contributed by atoms with E-state index in [0.717, 1.165) is 11.4 Å². The first kappa shape index (κ1) is 20.4. The highest BCUT2D eigenvalue weighted by molar-refractivity contribution is 5.52. The molecule has 2 rings (SSSR count). The Hall–Kier alpha value is -1.96. The van der Waals surface area contributed by atoms with Crippen LogP contribution in [0.4, 0.5) is 11.4 Å². The van der Waals surface area contributed by atoms with Gasteiger partial charge in [0.1, 0.15) is 0 Å². The molecule has 0 bridgehead atoms. The second-order valence-electron chi connectivity index (χ2n) is 7.69. The van der Waals surface area contributed by atoms with Crippen LogP contribution in [0.2, 0.25) is 0 Å². The maximum Gasteiger partial charge on any atom is 0.0343 e. The fourth-order valence-electron chi connectivity index (χ4n) is 3.66. The van der Waals surface area contributed by atoms with Crippen molar-refractivity contribution in [1.29, 1.82) is 0 Å². The minimum absolute atomic E-state index is 0.421. The van der Waals surface area contributed by atoms with Crippen LogP contribution in [-0.4, -0.2) is 0 Å². The van der Waals surface area contributed by atoms with Gasteiger partial charge in [0.2, 0.25) is 0 Å². The highest BCUT2D eigenvalue weighted by Gasteiger charge is 2.15. The van der Waals surface area contributed by atoms with Gasteiger partial charge in [0, 0.05) is 17.3 Å². The van der Waals surface area contributed by atoms with Crippen LogP contribution in [-0.2, 0) is 0 Å². The molecule has 0 heterocycles. The number of unbranched alkanes of at least 4 members (excludes halogenated alkanes) is 6. The van der Waals surface area contributed by atoms with Crippen molar-refractivity contribution in [3.05, 3.63) is 58.7 Å². The molecule has 4 N–H and O–H groups in total. The highest BCUT2D eigenvalue weighted by atomic mass is 14.6. The Morgan fingerprint density at radius 3 is 1.62 bits per heavy atom. The first-order chi connectivity index (χ1) is 12.5. The highest BCUT2D eigenvalue weighted by Crippen LogP contribution is 2.33. The van der Waals surface area contributed by atoms with Crippen LogP contribution in [0.25, 0.3) is 0 Å². The normalized spacial score (nSPS) is 11.2. The molecule has 0 saturated heterocycles. The summed E-state index contributed by atoms with van der Waals surface area (Å²) in [6, 6.07) is 13.0. The smallest absolute Gasteiger partial charge is 0.0343 e. The molecule has 0 radical (unpaired) electrons. The monoisotopic (exact) mass is 352 g/mol. The summed E-state index contributed by atoms with van der Waals surface area (Å²) in [6.45, 7) is 6.46. The number of nitrogens with two attached hydrogens (primary N) is 2. The van der Waals surface area contributed by atoms with E-state index in [0.29, 0.717) is 5.92 Å². The number of hydrogen-bond acceptors (Lipinski definition) is 2. The molecule has 0 amide bonds. The third-order valence-electron chi connectivity index (χ3n) is 5.49. The van der Waals surface area contributed by atoms with Gasteiger partial charge in [-0.2, -0.15) is 0 Å². The van der Waals surface area contributed by atoms with Gasteiger partial charge in [-0.05, 0) is 54.7 Å². The van der Waals surface area contributed by atoms with Gasteiger partial charge < -0.3 is 11.5 Å². The lowest BCUT2D eigenvalue weighted by Crippen LogP contribution is -2.04. The van der Waals surface area contributed by atoms with Crippen molar-refractivity contribution in [3.63, 3.8) is 0 Å². The largest absolute Gasteiger partial charge is 0.399 e. The quantitative estimate of drug-likeness (QED) is 0.367. The zero-order valence-corrected chi connectivity index (χ0v) is 16.9. The third kappa shape index (κ3) is 5.79.